The Labute approximate surface area is 52.7 Å². The molecule has 1 aromatic heterocycles. The van der Waals surface area contributed by atoms with Gasteiger partial charge in [-0.05, 0) is 0 Å². The Morgan fingerprint density at radius 3 is 3.11 bits per heavy atom. The number of aromatic nitrogens is 1. The molecule has 0 atom stereocenters. The number of nitrogens with zero attached hydrogens (tertiary/aromatic N) is 1. The van der Waals surface area contributed by atoms with Crippen LogP contribution in [0.1, 0.15) is 23.7 Å². The highest BCUT2D eigenvalue weighted by Crippen LogP contribution is 1.99. The van der Waals surface area contributed by atoms with E-state index in [0.29, 0.717) is 12.0 Å². The van der Waals surface area contributed by atoms with Gasteiger partial charge in [0.05, 0.1) is 11.8 Å². The van der Waals surface area contributed by atoms with Gasteiger partial charge >= 0.3 is 0 Å². The lowest BCUT2D eigenvalue weighted by atomic mass is 10.2. The van der Waals surface area contributed by atoms with E-state index in [4.69, 9.17) is 0 Å². The zero-order valence-electron chi connectivity index (χ0n) is 5.13. The lowest BCUT2D eigenvalue weighted by Crippen LogP contribution is -1.92. The van der Waals surface area contributed by atoms with E-state index in [1.807, 2.05) is 0 Å². The second kappa shape index (κ2) is 2.44. The molecule has 0 N–H and O–H groups in total. The number of Topliss-reactive ketones (excluding diaryl/α,β-unsaturated/α-hetero) is 1. The molecule has 1 aromatic rings. The van der Waals surface area contributed by atoms with E-state index >= 15 is 0 Å². The third-order valence-corrected chi connectivity index (χ3v) is 1.08. The number of ketones is 1. The van der Waals surface area contributed by atoms with Gasteiger partial charge in [0.15, 0.2) is 5.78 Å². The number of carbonyl (C=O) groups excluding carboxylic acids is 1. The van der Waals surface area contributed by atoms with E-state index in [-0.39, 0.29) is 5.78 Å². The van der Waals surface area contributed by atoms with E-state index in [9.17, 15) is 4.79 Å². The third-order valence-electron chi connectivity index (χ3n) is 1.08. The van der Waals surface area contributed by atoms with Crippen LogP contribution in [-0.4, -0.2) is 10.9 Å². The molecule has 0 aliphatic rings. The molecule has 1 rings (SSSR count). The molecule has 0 aromatic carbocycles. The standard InChI is InChI=1S/C6H7NO2/c1-2-6(8)5-3-7-9-4-5/h3-4H,2H2,1H3. The maximum atomic E-state index is 10.8. The van der Waals surface area contributed by atoms with E-state index in [1.165, 1.54) is 12.5 Å². The highest BCUT2D eigenvalue weighted by atomic mass is 16.5. The lowest BCUT2D eigenvalue weighted by Gasteiger charge is -1.84. The summed E-state index contributed by atoms with van der Waals surface area (Å²) < 4.78 is 4.47. The fourth-order valence-electron chi connectivity index (χ4n) is 0.547. The average molecular weight is 125 g/mol. The number of carbonyl (C=O) groups is 1. The van der Waals surface area contributed by atoms with Gasteiger partial charge in [0, 0.05) is 6.42 Å². The zero-order valence-corrected chi connectivity index (χ0v) is 5.13. The Morgan fingerprint density at radius 1 is 1.89 bits per heavy atom. The molecule has 3 heteroatoms. The van der Waals surface area contributed by atoms with Crippen LogP contribution in [0.5, 0.6) is 0 Å². The molecule has 0 saturated heterocycles. The fourth-order valence-corrected chi connectivity index (χ4v) is 0.547. The van der Waals surface area contributed by atoms with E-state index < -0.39 is 0 Å². The summed E-state index contributed by atoms with van der Waals surface area (Å²) in [5.74, 6) is 0.0660. The van der Waals surface area contributed by atoms with Crippen molar-refractivity contribution in [1.29, 1.82) is 0 Å². The first-order valence-electron chi connectivity index (χ1n) is 2.77. The Kier molecular flexibility index (Phi) is 1.63. The Morgan fingerprint density at radius 2 is 2.67 bits per heavy atom. The monoisotopic (exact) mass is 125 g/mol. The summed E-state index contributed by atoms with van der Waals surface area (Å²) in [6.07, 6.45) is 3.28. The molecule has 1 heterocycles. The second-order valence-corrected chi connectivity index (χ2v) is 1.69. The van der Waals surface area contributed by atoms with E-state index in [2.05, 4.69) is 9.68 Å². The normalized spacial score (nSPS) is 9.44. The van der Waals surface area contributed by atoms with Crippen LogP contribution < -0.4 is 0 Å². The van der Waals surface area contributed by atoms with Crippen LogP contribution in [0.2, 0.25) is 0 Å². The van der Waals surface area contributed by atoms with Crippen molar-refractivity contribution in [3.05, 3.63) is 18.0 Å². The minimum absolute atomic E-state index is 0.0660. The van der Waals surface area contributed by atoms with Crippen molar-refractivity contribution in [3.63, 3.8) is 0 Å². The predicted molar refractivity (Wildman–Crippen MR) is 31.1 cm³/mol. The second-order valence-electron chi connectivity index (χ2n) is 1.69. The van der Waals surface area contributed by atoms with Crippen LogP contribution in [-0.2, 0) is 0 Å². The van der Waals surface area contributed by atoms with Crippen molar-refractivity contribution in [3.8, 4) is 0 Å². The van der Waals surface area contributed by atoms with Crippen LogP contribution in [0.25, 0.3) is 0 Å². The molecule has 48 valence electrons. The summed E-state index contributed by atoms with van der Waals surface area (Å²) in [6, 6.07) is 0. The smallest absolute Gasteiger partial charge is 0.167 e. The Hall–Kier alpha value is -1.12. The molecule has 0 radical (unpaired) electrons. The Bertz CT molecular complexity index is 191. The minimum Gasteiger partial charge on any atom is -0.364 e. The molecule has 0 unspecified atom stereocenters. The predicted octanol–water partition coefficient (Wildman–Crippen LogP) is 1.27. The fraction of sp³-hybridized carbons (Fsp3) is 0.333. The quantitative estimate of drug-likeness (QED) is 0.559. The molecular formula is C6H7NO2. The van der Waals surface area contributed by atoms with E-state index in [1.54, 1.807) is 6.92 Å². The first-order valence-corrected chi connectivity index (χ1v) is 2.77. The molecule has 0 aliphatic heterocycles. The zero-order chi connectivity index (χ0) is 6.69. The topological polar surface area (TPSA) is 43.1 Å². The van der Waals surface area contributed by atoms with Crippen molar-refractivity contribution in [2.45, 2.75) is 13.3 Å². The first-order chi connectivity index (χ1) is 4.34. The van der Waals surface area contributed by atoms with Gasteiger partial charge in [0.1, 0.15) is 6.26 Å². The average Bonchev–Trinajstić information content (AvgIpc) is 2.37. The largest absolute Gasteiger partial charge is 0.364 e. The van der Waals surface area contributed by atoms with Gasteiger partial charge in [-0.25, -0.2) is 0 Å². The van der Waals surface area contributed by atoms with Crippen LogP contribution in [0.15, 0.2) is 17.0 Å². The van der Waals surface area contributed by atoms with Gasteiger partial charge in [-0.3, -0.25) is 4.79 Å². The van der Waals surface area contributed by atoms with Crippen molar-refractivity contribution < 1.29 is 9.32 Å². The molecule has 0 saturated carbocycles. The molecule has 3 nitrogen and oxygen atoms in total. The van der Waals surface area contributed by atoms with Gasteiger partial charge in [0.25, 0.3) is 0 Å². The van der Waals surface area contributed by atoms with E-state index in [0.717, 1.165) is 0 Å². The van der Waals surface area contributed by atoms with Gasteiger partial charge in [-0.2, -0.15) is 0 Å². The Balaban J connectivity index is 2.77. The maximum absolute atomic E-state index is 10.8. The summed E-state index contributed by atoms with van der Waals surface area (Å²) in [4.78, 5) is 10.8. The van der Waals surface area contributed by atoms with Crippen molar-refractivity contribution in [2.75, 3.05) is 0 Å². The summed E-state index contributed by atoms with van der Waals surface area (Å²) in [5.41, 5.74) is 0.553. The number of hydrogen-bond donors (Lipinski definition) is 0. The number of hydrogen-bond acceptors (Lipinski definition) is 3. The summed E-state index contributed by atoms with van der Waals surface area (Å²) in [7, 11) is 0. The SMILES string of the molecule is CCC(=O)c1cnoc1. The van der Waals surface area contributed by atoms with Gasteiger partial charge in [-0.15, -0.1) is 0 Å². The number of rotatable bonds is 2. The minimum atomic E-state index is 0.0660. The molecule has 9 heavy (non-hydrogen) atoms. The van der Waals surface area contributed by atoms with Crippen molar-refractivity contribution in [2.24, 2.45) is 0 Å². The first kappa shape index (κ1) is 6.01. The van der Waals surface area contributed by atoms with Gasteiger partial charge < -0.3 is 4.52 Å². The van der Waals surface area contributed by atoms with Crippen LogP contribution in [0, 0.1) is 0 Å². The van der Waals surface area contributed by atoms with Crippen molar-refractivity contribution >= 4 is 5.78 Å². The molecule has 0 bridgehead atoms. The van der Waals surface area contributed by atoms with Gasteiger partial charge in [-0.1, -0.05) is 12.1 Å². The highest BCUT2D eigenvalue weighted by Gasteiger charge is 2.02. The van der Waals surface area contributed by atoms with Crippen molar-refractivity contribution in [1.82, 2.24) is 5.16 Å². The van der Waals surface area contributed by atoms with Crippen LogP contribution >= 0.6 is 0 Å². The van der Waals surface area contributed by atoms with Gasteiger partial charge in [0.2, 0.25) is 0 Å². The summed E-state index contributed by atoms with van der Waals surface area (Å²) in [6.45, 7) is 1.80. The summed E-state index contributed by atoms with van der Waals surface area (Å²) in [5, 5.41) is 3.40. The maximum Gasteiger partial charge on any atom is 0.167 e. The highest BCUT2D eigenvalue weighted by molar-refractivity contribution is 5.95. The van der Waals surface area contributed by atoms with Crippen LogP contribution in [0.4, 0.5) is 0 Å². The lowest BCUT2D eigenvalue weighted by molar-refractivity contribution is 0.0987. The molecule has 0 spiro atoms. The molecule has 0 aliphatic carbocycles. The van der Waals surface area contributed by atoms with Crippen LogP contribution in [0.3, 0.4) is 0 Å². The molecule has 0 amide bonds. The molecular weight excluding hydrogens is 118 g/mol. The third kappa shape index (κ3) is 1.16. The summed E-state index contributed by atoms with van der Waals surface area (Å²) >= 11 is 0. The molecule has 0 fully saturated rings.